The molecule has 0 aliphatic heterocycles. The Bertz CT molecular complexity index is 916. The molecular formula is C22H32N2O5Si. The van der Waals surface area contributed by atoms with Crippen LogP contribution in [0.5, 0.6) is 17.2 Å². The Balaban J connectivity index is 2.37. The number of hydrogen-bond donors (Lipinski definition) is 1. The van der Waals surface area contributed by atoms with Crippen LogP contribution in [0.2, 0.25) is 18.1 Å². The van der Waals surface area contributed by atoms with Crippen molar-refractivity contribution in [1.29, 1.82) is 0 Å². The first kappa shape index (κ1) is 23.5. The van der Waals surface area contributed by atoms with Gasteiger partial charge in [-0.05, 0) is 54.9 Å². The van der Waals surface area contributed by atoms with Crippen molar-refractivity contribution in [2.45, 2.75) is 52.4 Å². The van der Waals surface area contributed by atoms with Gasteiger partial charge in [-0.3, -0.25) is 9.48 Å². The summed E-state index contributed by atoms with van der Waals surface area (Å²) in [6.45, 7) is 12.6. The van der Waals surface area contributed by atoms with Crippen LogP contribution < -0.4 is 13.9 Å². The van der Waals surface area contributed by atoms with Gasteiger partial charge in [-0.15, -0.1) is 0 Å². The zero-order valence-electron chi connectivity index (χ0n) is 19.1. The average Bonchev–Trinajstić information content (AvgIpc) is 2.98. The lowest BCUT2D eigenvalue weighted by Gasteiger charge is -2.37. The smallest absolute Gasteiger partial charge is 0.325 e. The van der Waals surface area contributed by atoms with Crippen molar-refractivity contribution in [3.63, 3.8) is 0 Å². The number of aromatic nitrogens is 2. The largest absolute Gasteiger partial charge is 0.539 e. The van der Waals surface area contributed by atoms with Crippen molar-refractivity contribution < 1.29 is 23.8 Å². The van der Waals surface area contributed by atoms with E-state index in [2.05, 4.69) is 39.0 Å². The van der Waals surface area contributed by atoms with Crippen molar-refractivity contribution >= 4 is 26.4 Å². The molecule has 1 heterocycles. The highest BCUT2D eigenvalue weighted by atomic mass is 28.4. The van der Waals surface area contributed by atoms with Crippen LogP contribution >= 0.6 is 0 Å². The molecule has 8 heteroatoms. The van der Waals surface area contributed by atoms with E-state index in [9.17, 15) is 4.79 Å². The van der Waals surface area contributed by atoms with Crippen LogP contribution in [0.4, 0.5) is 0 Å². The molecule has 0 radical (unpaired) electrons. The molecule has 2 rings (SSSR count). The Morgan fingerprint density at radius 3 is 2.17 bits per heavy atom. The summed E-state index contributed by atoms with van der Waals surface area (Å²) in [7, 11) is 1.13. The van der Waals surface area contributed by atoms with E-state index in [0.717, 1.165) is 11.3 Å². The van der Waals surface area contributed by atoms with Gasteiger partial charge in [0.15, 0.2) is 17.2 Å². The number of ether oxygens (including phenoxy) is 2. The van der Waals surface area contributed by atoms with E-state index in [4.69, 9.17) is 19.0 Å². The molecule has 0 bridgehead atoms. The lowest BCUT2D eigenvalue weighted by atomic mass is 10.1. The fraction of sp³-hybridized carbons (Fsp3) is 0.455. The lowest BCUT2D eigenvalue weighted by Crippen LogP contribution is -2.44. The second-order valence-electron chi connectivity index (χ2n) is 8.71. The SMILES string of the molecule is COc1cc(C=Cc2cc(C)n(CC(=O)O)n2)cc(OC)c1O[Si](C)(C)C(C)(C)C. The topological polar surface area (TPSA) is 82.8 Å². The average molecular weight is 433 g/mol. The zero-order chi connectivity index (χ0) is 22.7. The van der Waals surface area contributed by atoms with Crippen LogP contribution in [0.15, 0.2) is 18.2 Å². The summed E-state index contributed by atoms with van der Waals surface area (Å²) in [5, 5.41) is 13.3. The van der Waals surface area contributed by atoms with Crippen molar-refractivity contribution in [3.05, 3.63) is 35.2 Å². The van der Waals surface area contributed by atoms with Crippen LogP contribution in [-0.4, -0.2) is 43.4 Å². The molecule has 7 nitrogen and oxygen atoms in total. The molecule has 30 heavy (non-hydrogen) atoms. The van der Waals surface area contributed by atoms with Crippen molar-refractivity contribution in [1.82, 2.24) is 9.78 Å². The highest BCUT2D eigenvalue weighted by Crippen LogP contribution is 2.45. The molecule has 1 N–H and O–H groups in total. The maximum absolute atomic E-state index is 10.9. The van der Waals surface area contributed by atoms with E-state index in [1.807, 2.05) is 37.3 Å². The number of aryl methyl sites for hydroxylation is 1. The lowest BCUT2D eigenvalue weighted by molar-refractivity contribution is -0.137. The zero-order valence-corrected chi connectivity index (χ0v) is 20.1. The summed E-state index contributed by atoms with van der Waals surface area (Å²) in [6, 6.07) is 5.62. The van der Waals surface area contributed by atoms with Crippen LogP contribution in [0.1, 0.15) is 37.7 Å². The highest BCUT2D eigenvalue weighted by Gasteiger charge is 2.40. The molecule has 0 aliphatic carbocycles. The van der Waals surface area contributed by atoms with Crippen molar-refractivity contribution in [2.75, 3.05) is 14.2 Å². The molecule has 0 aliphatic rings. The third-order valence-corrected chi connectivity index (χ3v) is 9.70. The van der Waals surface area contributed by atoms with Gasteiger partial charge in [0.2, 0.25) is 0 Å². The third kappa shape index (κ3) is 5.44. The van der Waals surface area contributed by atoms with Gasteiger partial charge >= 0.3 is 5.97 Å². The first-order valence-corrected chi connectivity index (χ1v) is 12.7. The standard InChI is InChI=1S/C22H32N2O5Si/c1-15-11-17(23-24(15)14-20(25)26)10-9-16-12-18(27-5)21(19(13-16)28-6)29-30(7,8)22(2,3)4/h9-13H,14H2,1-8H3,(H,25,26). The minimum Gasteiger partial charge on any atom is -0.539 e. The summed E-state index contributed by atoms with van der Waals surface area (Å²) in [5.74, 6) is 0.895. The third-order valence-electron chi connectivity index (χ3n) is 5.38. The summed E-state index contributed by atoms with van der Waals surface area (Å²) >= 11 is 0. The second-order valence-corrected chi connectivity index (χ2v) is 13.4. The van der Waals surface area contributed by atoms with E-state index in [-0.39, 0.29) is 11.6 Å². The van der Waals surface area contributed by atoms with Crippen LogP contribution in [0, 0.1) is 6.92 Å². The molecule has 0 atom stereocenters. The molecule has 0 spiro atoms. The Morgan fingerprint density at radius 2 is 1.70 bits per heavy atom. The Labute approximate surface area is 179 Å². The fourth-order valence-electron chi connectivity index (χ4n) is 2.59. The molecule has 0 saturated heterocycles. The molecule has 0 unspecified atom stereocenters. The number of carboxylic acids is 1. The molecule has 164 valence electrons. The Kier molecular flexibility index (Phi) is 7.02. The second kappa shape index (κ2) is 8.95. The van der Waals surface area contributed by atoms with Crippen LogP contribution in [0.3, 0.4) is 0 Å². The van der Waals surface area contributed by atoms with Gasteiger partial charge in [-0.25, -0.2) is 0 Å². The molecule has 2 aromatic rings. The van der Waals surface area contributed by atoms with E-state index >= 15 is 0 Å². The summed E-state index contributed by atoms with van der Waals surface area (Å²) in [6.07, 6.45) is 3.71. The van der Waals surface area contributed by atoms with Crippen molar-refractivity contribution in [2.24, 2.45) is 0 Å². The van der Waals surface area contributed by atoms with E-state index in [0.29, 0.717) is 22.9 Å². The summed E-state index contributed by atoms with van der Waals surface area (Å²) in [5.41, 5.74) is 2.32. The van der Waals surface area contributed by atoms with E-state index in [1.165, 1.54) is 4.68 Å². The number of carboxylic acid groups (broad SMARTS) is 1. The maximum atomic E-state index is 10.9. The molecule has 1 aromatic carbocycles. The number of nitrogens with zero attached hydrogens (tertiary/aromatic N) is 2. The number of methoxy groups -OCH3 is 2. The Hall–Kier alpha value is -2.74. The number of carbonyl (C=O) groups is 1. The monoisotopic (exact) mass is 432 g/mol. The van der Waals surface area contributed by atoms with Gasteiger partial charge in [0.1, 0.15) is 6.54 Å². The van der Waals surface area contributed by atoms with Gasteiger partial charge < -0.3 is 19.0 Å². The van der Waals surface area contributed by atoms with Crippen molar-refractivity contribution in [3.8, 4) is 17.2 Å². The first-order valence-electron chi connectivity index (χ1n) is 9.77. The molecule has 1 aromatic heterocycles. The minimum atomic E-state index is -2.09. The first-order chi connectivity index (χ1) is 13.9. The summed E-state index contributed by atoms with van der Waals surface area (Å²) in [4.78, 5) is 10.9. The Morgan fingerprint density at radius 1 is 1.13 bits per heavy atom. The van der Waals surface area contributed by atoms with Gasteiger partial charge in [0, 0.05) is 5.69 Å². The molecule has 0 fully saturated rings. The fourth-order valence-corrected chi connectivity index (χ4v) is 3.61. The number of rotatable bonds is 8. The normalized spacial score (nSPS) is 12.3. The predicted molar refractivity (Wildman–Crippen MR) is 121 cm³/mol. The highest BCUT2D eigenvalue weighted by molar-refractivity contribution is 6.74. The molecular weight excluding hydrogens is 400 g/mol. The van der Waals surface area contributed by atoms with Gasteiger partial charge in [-0.1, -0.05) is 26.8 Å². The number of hydrogen-bond acceptors (Lipinski definition) is 5. The summed E-state index contributed by atoms with van der Waals surface area (Å²) < 4.78 is 19.1. The van der Waals surface area contributed by atoms with Crippen LogP contribution in [-0.2, 0) is 11.3 Å². The van der Waals surface area contributed by atoms with Gasteiger partial charge in [-0.2, -0.15) is 5.10 Å². The molecule has 0 saturated carbocycles. The van der Waals surface area contributed by atoms with Gasteiger partial charge in [0.25, 0.3) is 8.32 Å². The number of aliphatic carboxylic acids is 1. The van der Waals surface area contributed by atoms with Crippen LogP contribution in [0.25, 0.3) is 12.2 Å². The van der Waals surface area contributed by atoms with E-state index < -0.39 is 14.3 Å². The predicted octanol–water partition coefficient (Wildman–Crippen LogP) is 4.85. The van der Waals surface area contributed by atoms with E-state index in [1.54, 1.807) is 14.2 Å². The van der Waals surface area contributed by atoms with Gasteiger partial charge in [0.05, 0.1) is 19.9 Å². The minimum absolute atomic E-state index is 0.0359. The number of benzene rings is 1. The quantitative estimate of drug-likeness (QED) is 0.601. The molecule has 0 amide bonds. The maximum Gasteiger partial charge on any atom is 0.325 e.